The van der Waals surface area contributed by atoms with Gasteiger partial charge in [0.25, 0.3) is 0 Å². The molecule has 8 heteroatoms. The van der Waals surface area contributed by atoms with E-state index in [1.54, 1.807) is 0 Å². The Balaban J connectivity index is 0.000000146. The molecule has 0 heterocycles. The first-order chi connectivity index (χ1) is 24.0. The molecule has 2 N–H and O–H groups in total. The molecule has 0 saturated carbocycles. The number of hydrogen-bond acceptors (Lipinski definition) is 2. The van der Waals surface area contributed by atoms with Gasteiger partial charge in [-0.25, -0.2) is 18.4 Å². The predicted octanol–water partition coefficient (Wildman–Crippen LogP) is 9.95. The number of halogens is 2. The summed E-state index contributed by atoms with van der Waals surface area (Å²) in [5.41, 5.74) is 11.2. The SMILES string of the molecule is C[Si](C)=[Ti+2].O=C(O)c1ccc(F)cc1.O=C(O)c1ccc(F)cc1.[c-]1cccc2c1Cc1ccccc1-2.[c-]1cccc2c1Cc1ccccc1-2. The minimum Gasteiger partial charge on any atom is -0.478 e. The van der Waals surface area contributed by atoms with Gasteiger partial charge in [-0.05, 0) is 61.4 Å². The van der Waals surface area contributed by atoms with Crippen LogP contribution in [0.25, 0.3) is 22.3 Å². The molecule has 0 fully saturated rings. The Morgan fingerprint density at radius 3 is 1.22 bits per heavy atom. The summed E-state index contributed by atoms with van der Waals surface area (Å²) in [6, 6.07) is 45.6. The molecule has 0 unspecified atom stereocenters. The van der Waals surface area contributed by atoms with E-state index in [1.165, 1.54) is 68.8 Å². The fourth-order valence-electron chi connectivity index (χ4n) is 5.18. The average Bonchev–Trinajstić information content (AvgIpc) is 3.68. The van der Waals surface area contributed by atoms with Crippen LogP contribution in [-0.4, -0.2) is 28.3 Å². The van der Waals surface area contributed by atoms with Crippen LogP contribution in [0.1, 0.15) is 43.0 Å². The van der Waals surface area contributed by atoms with Crippen molar-refractivity contribution in [3.8, 4) is 22.3 Å². The van der Waals surface area contributed by atoms with Gasteiger partial charge in [0, 0.05) is 0 Å². The van der Waals surface area contributed by atoms with E-state index in [-0.39, 0.29) is 17.3 Å². The van der Waals surface area contributed by atoms with Crippen molar-refractivity contribution in [3.63, 3.8) is 0 Å². The summed E-state index contributed by atoms with van der Waals surface area (Å²) in [6.07, 6.45) is 2.22. The molecular formula is C42H34F2O4SiTi. The van der Waals surface area contributed by atoms with Gasteiger partial charge in [-0.1, -0.05) is 70.8 Å². The average molecular weight is 717 g/mol. The van der Waals surface area contributed by atoms with Crippen molar-refractivity contribution >= 4 is 18.1 Å². The molecule has 6 aromatic carbocycles. The number of carboxylic acid groups (broad SMARTS) is 2. The number of hydrogen-bond donors (Lipinski definition) is 2. The molecule has 0 spiro atoms. The van der Waals surface area contributed by atoms with E-state index in [1.807, 2.05) is 12.1 Å². The number of aromatic carboxylic acids is 2. The first-order valence-corrected chi connectivity index (χ1v) is 20.5. The molecule has 0 bridgehead atoms. The second kappa shape index (κ2) is 18.7. The van der Waals surface area contributed by atoms with Crippen LogP contribution in [-0.2, 0) is 32.0 Å². The van der Waals surface area contributed by atoms with Crippen molar-refractivity contribution in [1.82, 2.24) is 0 Å². The fraction of sp³-hybridized carbons (Fsp3) is 0.0952. The summed E-state index contributed by atoms with van der Waals surface area (Å²) in [5.74, 6) is -2.94. The van der Waals surface area contributed by atoms with Crippen LogP contribution in [0.5, 0.6) is 0 Å². The molecule has 4 nitrogen and oxygen atoms in total. The van der Waals surface area contributed by atoms with E-state index in [0.29, 0.717) is 0 Å². The van der Waals surface area contributed by atoms with Gasteiger partial charge in [0.05, 0.1) is 11.1 Å². The number of fused-ring (bicyclic) bond motifs is 6. The Bertz CT molecular complexity index is 1840. The number of rotatable bonds is 2. The van der Waals surface area contributed by atoms with Gasteiger partial charge in [0.1, 0.15) is 11.6 Å². The molecule has 2 aliphatic rings. The third-order valence-electron chi connectivity index (χ3n) is 7.42. The zero-order valence-electron chi connectivity index (χ0n) is 27.6. The Labute approximate surface area is 303 Å². The quantitative estimate of drug-likeness (QED) is 0.138. The van der Waals surface area contributed by atoms with Gasteiger partial charge < -0.3 is 10.2 Å². The molecule has 0 atom stereocenters. The van der Waals surface area contributed by atoms with Gasteiger partial charge in [0.2, 0.25) is 0 Å². The second-order valence-corrected chi connectivity index (χ2v) is 18.1. The smallest absolute Gasteiger partial charge is 0.335 e. The summed E-state index contributed by atoms with van der Waals surface area (Å²) in [4.78, 5) is 20.4. The molecule has 0 radical (unpaired) electrons. The largest absolute Gasteiger partial charge is 0.478 e. The van der Waals surface area contributed by atoms with E-state index >= 15 is 0 Å². The monoisotopic (exact) mass is 716 g/mol. The fourth-order valence-corrected chi connectivity index (χ4v) is 5.18. The van der Waals surface area contributed by atoms with Crippen molar-refractivity contribution in [2.45, 2.75) is 25.9 Å². The third kappa shape index (κ3) is 11.0. The van der Waals surface area contributed by atoms with Crippen LogP contribution in [0.2, 0.25) is 13.1 Å². The van der Waals surface area contributed by atoms with Crippen LogP contribution in [0.4, 0.5) is 8.78 Å². The van der Waals surface area contributed by atoms with Crippen molar-refractivity contribution < 1.29 is 47.8 Å². The van der Waals surface area contributed by atoms with Crippen LogP contribution in [0.3, 0.4) is 0 Å². The Morgan fingerprint density at radius 2 is 0.880 bits per heavy atom. The van der Waals surface area contributed by atoms with E-state index in [0.717, 1.165) is 37.1 Å². The van der Waals surface area contributed by atoms with Crippen LogP contribution in [0, 0.1) is 23.8 Å². The van der Waals surface area contributed by atoms with Crippen molar-refractivity contribution in [2.24, 2.45) is 0 Å². The molecule has 0 aromatic heterocycles. The molecular weight excluding hydrogens is 682 g/mol. The van der Waals surface area contributed by atoms with Crippen LogP contribution in [0.15, 0.2) is 133 Å². The maximum atomic E-state index is 12.2. The summed E-state index contributed by atoms with van der Waals surface area (Å²) >= 11 is 2.27. The van der Waals surface area contributed by atoms with E-state index in [9.17, 15) is 18.4 Å². The maximum Gasteiger partial charge on any atom is 0.335 e. The first-order valence-electron chi connectivity index (χ1n) is 15.7. The van der Waals surface area contributed by atoms with Crippen LogP contribution < -0.4 is 0 Å². The van der Waals surface area contributed by atoms with Gasteiger partial charge in [0.15, 0.2) is 0 Å². The molecule has 0 amide bonds. The molecule has 6 aromatic rings. The summed E-state index contributed by atoms with van der Waals surface area (Å²) in [7, 11) is 0. The van der Waals surface area contributed by atoms with Gasteiger partial charge >= 0.3 is 50.4 Å². The minimum absolute atomic E-state index is 0.0985. The third-order valence-corrected chi connectivity index (χ3v) is 7.42. The van der Waals surface area contributed by atoms with Crippen molar-refractivity contribution in [3.05, 3.63) is 191 Å². The van der Waals surface area contributed by atoms with Gasteiger partial charge in [-0.15, -0.1) is 11.1 Å². The first kappa shape index (κ1) is 37.9. The van der Waals surface area contributed by atoms with E-state index in [2.05, 4.69) is 117 Å². The Kier molecular flexibility index (Phi) is 14.2. The normalized spacial score (nSPS) is 10.7. The topological polar surface area (TPSA) is 74.6 Å². The zero-order chi connectivity index (χ0) is 36.0. The molecule has 248 valence electrons. The van der Waals surface area contributed by atoms with Crippen molar-refractivity contribution in [2.75, 3.05) is 0 Å². The minimum atomic E-state index is -1.04. The standard InChI is InChI=1S/2C13H9.2C7H5FO2.C2H6Si.Ti/c2*1-3-7-12-10(5-1)9-11-6-2-4-8-13(11)12;2*8-6-3-1-5(2-4-6)7(9)10;1-3-2;/h2*1-5,7-8H,9H2;2*1-4H,(H,9,10);1-2H3;/q2*-1;;;;+2. The molecule has 8 rings (SSSR count). The summed E-state index contributed by atoms with van der Waals surface area (Å²) in [5, 5.41) is 16.7. The molecule has 50 heavy (non-hydrogen) atoms. The van der Waals surface area contributed by atoms with E-state index < -0.39 is 23.6 Å². The zero-order valence-corrected chi connectivity index (χ0v) is 30.1. The molecule has 0 saturated heterocycles. The Morgan fingerprint density at radius 1 is 0.560 bits per heavy atom. The van der Waals surface area contributed by atoms with Crippen molar-refractivity contribution in [1.29, 1.82) is 0 Å². The summed E-state index contributed by atoms with van der Waals surface area (Å²) < 4.78 is 24.3. The number of benzene rings is 6. The summed E-state index contributed by atoms with van der Waals surface area (Å²) in [6.45, 7) is 4.54. The second-order valence-electron chi connectivity index (χ2n) is 11.4. The van der Waals surface area contributed by atoms with Gasteiger partial charge in [-0.2, -0.15) is 59.7 Å². The molecule has 2 aliphatic carbocycles. The predicted molar refractivity (Wildman–Crippen MR) is 191 cm³/mol. The number of carboxylic acids is 2. The van der Waals surface area contributed by atoms with Crippen LogP contribution >= 0.6 is 0 Å². The Hall–Kier alpha value is -4.95. The molecule has 0 aliphatic heterocycles. The number of carbonyl (C=O) groups is 2. The maximum absolute atomic E-state index is 12.2. The van der Waals surface area contributed by atoms with E-state index in [4.69, 9.17) is 10.2 Å². The van der Waals surface area contributed by atoms with Gasteiger partial charge in [-0.3, -0.25) is 0 Å².